The van der Waals surface area contributed by atoms with Gasteiger partial charge < -0.3 is 20.3 Å². The molecule has 0 aliphatic heterocycles. The summed E-state index contributed by atoms with van der Waals surface area (Å²) in [5.41, 5.74) is 5.63. The molecule has 0 bridgehead atoms. The van der Waals surface area contributed by atoms with Crippen LogP contribution in [0.3, 0.4) is 0 Å². The maximum atomic E-state index is 11.7. The normalized spacial score (nSPS) is 11.3. The molecule has 0 saturated heterocycles. The van der Waals surface area contributed by atoms with E-state index in [0.29, 0.717) is 0 Å². The predicted octanol–water partition coefficient (Wildman–Crippen LogP) is 1.92. The monoisotopic (exact) mass is 279 g/mol. The summed E-state index contributed by atoms with van der Waals surface area (Å²) in [5.74, 6) is -0.938. The number of nitrogens with two attached hydrogens (primary N) is 1. The van der Waals surface area contributed by atoms with Gasteiger partial charge in [0.25, 0.3) is 0 Å². The van der Waals surface area contributed by atoms with Crippen molar-refractivity contribution in [2.75, 3.05) is 25.6 Å². The smallest absolute Gasteiger partial charge is 0.411 e. The lowest BCUT2D eigenvalue weighted by Gasteiger charge is -2.10. The molecule has 1 rings (SSSR count). The number of carboxylic acids is 1. The third-order valence-electron chi connectivity index (χ3n) is 2.01. The Morgan fingerprint density at radius 2 is 2.00 bits per heavy atom. The number of alkyl halides is 3. The maximum Gasteiger partial charge on any atom is 0.411 e. The van der Waals surface area contributed by atoms with Gasteiger partial charge in [-0.1, -0.05) is 0 Å². The number of rotatable bonds is 6. The van der Waals surface area contributed by atoms with E-state index < -0.39 is 18.8 Å². The molecule has 1 aromatic carbocycles. The number of hydrogen-bond donors (Lipinski definition) is 2. The molecule has 8 heteroatoms. The van der Waals surface area contributed by atoms with Crippen LogP contribution in [0.4, 0.5) is 18.9 Å². The number of carboxylic acid groups (broad SMARTS) is 1. The molecule has 0 fully saturated rings. The van der Waals surface area contributed by atoms with Crippen molar-refractivity contribution in [2.24, 2.45) is 0 Å². The first-order chi connectivity index (χ1) is 8.79. The van der Waals surface area contributed by atoms with Crippen molar-refractivity contribution in [2.45, 2.75) is 6.18 Å². The van der Waals surface area contributed by atoms with E-state index in [2.05, 4.69) is 4.74 Å². The summed E-state index contributed by atoms with van der Waals surface area (Å²) >= 11 is 0. The van der Waals surface area contributed by atoms with Crippen molar-refractivity contribution in [1.82, 2.24) is 0 Å². The zero-order valence-corrected chi connectivity index (χ0v) is 9.74. The second kappa shape index (κ2) is 6.28. The van der Waals surface area contributed by atoms with Crippen LogP contribution >= 0.6 is 0 Å². The molecule has 0 amide bonds. The summed E-state index contributed by atoms with van der Waals surface area (Å²) in [6.07, 6.45) is -4.37. The number of carbonyl (C=O) groups is 1. The number of ether oxygens (including phenoxy) is 2. The van der Waals surface area contributed by atoms with E-state index in [1.807, 2.05) is 0 Å². The second-order valence-corrected chi connectivity index (χ2v) is 3.57. The Bertz CT molecular complexity index is 448. The number of anilines is 1. The van der Waals surface area contributed by atoms with Gasteiger partial charge >= 0.3 is 12.1 Å². The van der Waals surface area contributed by atoms with Crippen molar-refractivity contribution in [3.63, 3.8) is 0 Å². The fraction of sp³-hybridized carbons (Fsp3) is 0.364. The molecular weight excluding hydrogens is 267 g/mol. The van der Waals surface area contributed by atoms with Crippen molar-refractivity contribution < 1.29 is 32.5 Å². The Kier molecular flexibility index (Phi) is 4.99. The first-order valence-electron chi connectivity index (χ1n) is 5.20. The summed E-state index contributed by atoms with van der Waals surface area (Å²) in [4.78, 5) is 10.6. The highest BCUT2D eigenvalue weighted by molar-refractivity contribution is 5.89. The standard InChI is InChI=1S/C11H12F3NO4/c12-11(13,14)6-18-3-4-19-9-2-1-7(10(16)17)5-8(9)15/h1-2,5H,3-4,6,15H2,(H,16,17). The van der Waals surface area contributed by atoms with Crippen LogP contribution in [0.5, 0.6) is 5.75 Å². The van der Waals surface area contributed by atoms with Gasteiger partial charge in [0.2, 0.25) is 0 Å². The highest BCUT2D eigenvalue weighted by Gasteiger charge is 2.27. The van der Waals surface area contributed by atoms with Crippen molar-refractivity contribution in [3.05, 3.63) is 23.8 Å². The molecule has 0 saturated carbocycles. The van der Waals surface area contributed by atoms with Crippen LogP contribution in [0.2, 0.25) is 0 Å². The van der Waals surface area contributed by atoms with Crippen LogP contribution in [0.25, 0.3) is 0 Å². The quantitative estimate of drug-likeness (QED) is 0.614. The number of halogens is 3. The van der Waals surface area contributed by atoms with Gasteiger partial charge in [0, 0.05) is 0 Å². The topological polar surface area (TPSA) is 81.8 Å². The molecule has 0 spiro atoms. The van der Waals surface area contributed by atoms with Crippen LogP contribution in [-0.2, 0) is 4.74 Å². The largest absolute Gasteiger partial charge is 0.489 e. The van der Waals surface area contributed by atoms with Gasteiger partial charge in [0.1, 0.15) is 19.0 Å². The molecule has 0 aromatic heterocycles. The Hall–Kier alpha value is -1.96. The maximum absolute atomic E-state index is 11.7. The fourth-order valence-electron chi connectivity index (χ4n) is 1.21. The van der Waals surface area contributed by atoms with E-state index >= 15 is 0 Å². The van der Waals surface area contributed by atoms with E-state index in [4.69, 9.17) is 15.6 Å². The van der Waals surface area contributed by atoms with Gasteiger partial charge in [-0.15, -0.1) is 0 Å². The van der Waals surface area contributed by atoms with E-state index in [-0.39, 0.29) is 30.2 Å². The SMILES string of the molecule is Nc1cc(C(=O)O)ccc1OCCOCC(F)(F)F. The summed E-state index contributed by atoms with van der Waals surface area (Å²) in [6.45, 7) is -1.71. The molecule has 1 aromatic rings. The van der Waals surface area contributed by atoms with Crippen LogP contribution in [0.1, 0.15) is 10.4 Å². The van der Waals surface area contributed by atoms with Crippen molar-refractivity contribution in [1.29, 1.82) is 0 Å². The van der Waals surface area contributed by atoms with Gasteiger partial charge in [-0.3, -0.25) is 0 Å². The van der Waals surface area contributed by atoms with Crippen LogP contribution < -0.4 is 10.5 Å². The molecule has 0 radical (unpaired) electrons. The minimum atomic E-state index is -4.37. The number of nitrogen functional groups attached to an aromatic ring is 1. The summed E-state index contributed by atoms with van der Waals surface area (Å²) in [7, 11) is 0. The van der Waals surface area contributed by atoms with Gasteiger partial charge in [0.05, 0.1) is 17.9 Å². The minimum Gasteiger partial charge on any atom is -0.489 e. The predicted molar refractivity (Wildman–Crippen MR) is 60.2 cm³/mol. The molecule has 0 unspecified atom stereocenters. The molecule has 106 valence electrons. The highest BCUT2D eigenvalue weighted by Crippen LogP contribution is 2.22. The molecule has 5 nitrogen and oxygen atoms in total. The highest BCUT2D eigenvalue weighted by atomic mass is 19.4. The average Bonchev–Trinajstić information content (AvgIpc) is 2.28. The number of benzene rings is 1. The van der Waals surface area contributed by atoms with E-state index in [9.17, 15) is 18.0 Å². The van der Waals surface area contributed by atoms with E-state index in [1.165, 1.54) is 18.2 Å². The number of aromatic carboxylic acids is 1. The molecule has 0 atom stereocenters. The lowest BCUT2D eigenvalue weighted by Crippen LogP contribution is -2.19. The van der Waals surface area contributed by atoms with Crippen LogP contribution in [-0.4, -0.2) is 37.1 Å². The molecule has 19 heavy (non-hydrogen) atoms. The molecule has 3 N–H and O–H groups in total. The molecule has 0 aliphatic rings. The van der Waals surface area contributed by atoms with Gasteiger partial charge in [-0.05, 0) is 18.2 Å². The third-order valence-corrected chi connectivity index (χ3v) is 2.01. The summed E-state index contributed by atoms with van der Waals surface area (Å²) < 4.78 is 44.7. The summed E-state index contributed by atoms with van der Waals surface area (Å²) in [5, 5.41) is 8.70. The lowest BCUT2D eigenvalue weighted by atomic mass is 10.2. The van der Waals surface area contributed by atoms with Gasteiger partial charge in [-0.2, -0.15) is 13.2 Å². The zero-order valence-electron chi connectivity index (χ0n) is 9.74. The fourth-order valence-corrected chi connectivity index (χ4v) is 1.21. The molecular formula is C11H12F3NO4. The average molecular weight is 279 g/mol. The van der Waals surface area contributed by atoms with Crippen LogP contribution in [0, 0.1) is 0 Å². The Labute approximate surface area is 106 Å². The third kappa shape index (κ3) is 5.47. The van der Waals surface area contributed by atoms with Crippen molar-refractivity contribution in [3.8, 4) is 5.75 Å². The minimum absolute atomic E-state index is 0.00169. The van der Waals surface area contributed by atoms with Gasteiger partial charge in [-0.25, -0.2) is 4.79 Å². The Morgan fingerprint density at radius 1 is 1.32 bits per heavy atom. The van der Waals surface area contributed by atoms with E-state index in [0.717, 1.165) is 0 Å². The van der Waals surface area contributed by atoms with E-state index in [1.54, 1.807) is 0 Å². The van der Waals surface area contributed by atoms with Crippen molar-refractivity contribution >= 4 is 11.7 Å². The summed E-state index contributed by atoms with van der Waals surface area (Å²) in [6, 6.07) is 3.82. The molecule has 0 aliphatic carbocycles. The Balaban J connectivity index is 2.40. The first kappa shape index (κ1) is 15.1. The van der Waals surface area contributed by atoms with Gasteiger partial charge in [0.15, 0.2) is 0 Å². The first-order valence-corrected chi connectivity index (χ1v) is 5.20. The molecule has 0 heterocycles. The zero-order chi connectivity index (χ0) is 14.5. The second-order valence-electron chi connectivity index (χ2n) is 3.57. The Morgan fingerprint density at radius 3 is 2.53 bits per heavy atom. The number of hydrogen-bond acceptors (Lipinski definition) is 4. The lowest BCUT2D eigenvalue weighted by molar-refractivity contribution is -0.175. The van der Waals surface area contributed by atoms with Crippen LogP contribution in [0.15, 0.2) is 18.2 Å².